The second-order valence-electron chi connectivity index (χ2n) is 9.54. The topological polar surface area (TPSA) is 0 Å². The Kier molecular flexibility index (Phi) is 5.98. The van der Waals surface area contributed by atoms with Gasteiger partial charge < -0.3 is 0 Å². The molecule has 159 valence electrons. The van der Waals surface area contributed by atoms with E-state index in [0.29, 0.717) is 0 Å². The number of hydrogen-bond donors (Lipinski definition) is 0. The van der Waals surface area contributed by atoms with E-state index >= 15 is 0 Å². The van der Waals surface area contributed by atoms with Gasteiger partial charge in [-0.3, -0.25) is 0 Å². The van der Waals surface area contributed by atoms with Gasteiger partial charge in [0, 0.05) is 0 Å². The van der Waals surface area contributed by atoms with Crippen LogP contribution in [0.5, 0.6) is 0 Å². The zero-order valence-electron chi connectivity index (χ0n) is 19.0. The normalized spacial score (nSPS) is 21.7. The molecule has 0 fully saturated rings. The molecule has 0 amide bonds. The Morgan fingerprint density at radius 1 is 0.733 bits per heavy atom. The average Bonchev–Trinajstić information content (AvgIpc) is 3.21. The Morgan fingerprint density at radius 2 is 1.13 bits per heavy atom. The quantitative estimate of drug-likeness (QED) is 0.336. The van der Waals surface area contributed by atoms with Gasteiger partial charge in [0.2, 0.25) is 0 Å². The van der Waals surface area contributed by atoms with Crippen LogP contribution < -0.4 is 0 Å². The maximum absolute atomic E-state index is 8.28. The van der Waals surface area contributed by atoms with Gasteiger partial charge in [-0.25, -0.2) is 0 Å². The zero-order chi connectivity index (χ0) is 21.9. The van der Waals surface area contributed by atoms with Crippen LogP contribution in [0.1, 0.15) is 68.3 Å². The van der Waals surface area contributed by atoms with Crippen LogP contribution in [0.3, 0.4) is 0 Å². The molecule has 0 N–H and O–H groups in total. The van der Waals surface area contributed by atoms with Crippen molar-refractivity contribution < 1.29 is 15.6 Å². The van der Waals surface area contributed by atoms with Gasteiger partial charge in [-0.1, -0.05) is 0 Å². The van der Waals surface area contributed by atoms with E-state index in [4.69, 9.17) is 17.0 Å². The third-order valence-electron chi connectivity index (χ3n) is 7.86. The first-order valence-corrected chi connectivity index (χ1v) is 26.9. The molecule has 2 aliphatic rings. The molecule has 0 aromatic heterocycles. The molecule has 0 nitrogen and oxygen atoms in total. The molecule has 0 saturated carbocycles. The average molecular weight is 536 g/mol. The van der Waals surface area contributed by atoms with Crippen molar-refractivity contribution in [2.24, 2.45) is 0 Å². The minimum atomic E-state index is -4.46. The summed E-state index contributed by atoms with van der Waals surface area (Å²) in [6.45, 7) is 13.7. The number of benzene rings is 2. The molecule has 2 aliphatic carbocycles. The number of hydrogen-bond acceptors (Lipinski definition) is 0. The van der Waals surface area contributed by atoms with E-state index in [1.54, 1.807) is 0 Å². The molecular weight excluding hydrogens is 503 g/mol. The molecular formula is C26H33Cl2SiZr. The van der Waals surface area contributed by atoms with E-state index < -0.39 is 21.5 Å². The van der Waals surface area contributed by atoms with E-state index in [-0.39, 0.29) is 7.25 Å². The summed E-state index contributed by atoms with van der Waals surface area (Å²) in [6, 6.07) is 15.8. The summed E-state index contributed by atoms with van der Waals surface area (Å²) in [5.74, 6) is -1.41. The first-order valence-electron chi connectivity index (χ1n) is 11.3. The van der Waals surface area contributed by atoms with Crippen LogP contribution >= 0.6 is 17.0 Å². The third kappa shape index (κ3) is 3.08. The Hall–Kier alpha value is -0.400. The molecule has 0 bridgehead atoms. The standard InChI is InChI=1S/2C11H11.C4H11Si.2ClH.Zr/c2*1-8-6-10-5-3-4-9(2)11(10)7-8;1-3-5-4-2;;;/h2*3-7H,1-2H3;5H,3-4H2,1-2H3;2*1H;/q;;;;;+2/p-2. The van der Waals surface area contributed by atoms with Crippen LogP contribution in [-0.2, 0) is 15.6 Å². The van der Waals surface area contributed by atoms with Crippen LogP contribution in [0.15, 0.2) is 47.5 Å². The zero-order valence-corrected chi connectivity index (χ0v) is 24.1. The fourth-order valence-electron chi connectivity index (χ4n) is 6.59. The Morgan fingerprint density at radius 3 is 1.50 bits per heavy atom. The van der Waals surface area contributed by atoms with E-state index in [1.807, 2.05) is 0 Å². The molecule has 30 heavy (non-hydrogen) atoms. The van der Waals surface area contributed by atoms with Crippen molar-refractivity contribution in [1.29, 1.82) is 0 Å². The van der Waals surface area contributed by atoms with E-state index in [9.17, 15) is 0 Å². The summed E-state index contributed by atoms with van der Waals surface area (Å²) in [4.78, 5) is 0. The molecule has 4 heteroatoms. The third-order valence-corrected chi connectivity index (χ3v) is 58.2. The van der Waals surface area contributed by atoms with Crippen LogP contribution in [0.4, 0.5) is 0 Å². The predicted molar refractivity (Wildman–Crippen MR) is 135 cm³/mol. The van der Waals surface area contributed by atoms with Crippen molar-refractivity contribution in [2.45, 2.75) is 60.9 Å². The Labute approximate surface area is 191 Å². The molecule has 0 spiro atoms. The molecule has 2 aromatic carbocycles. The number of allylic oxidation sites excluding steroid dienone is 2. The van der Waals surface area contributed by atoms with E-state index in [0.717, 1.165) is 0 Å². The summed E-state index contributed by atoms with van der Waals surface area (Å²) < 4.78 is 0.446. The molecule has 0 radical (unpaired) electrons. The van der Waals surface area contributed by atoms with Gasteiger partial charge in [0.25, 0.3) is 0 Å². The molecule has 2 unspecified atom stereocenters. The first-order chi connectivity index (χ1) is 14.1. The van der Waals surface area contributed by atoms with Crippen LogP contribution in [0.2, 0.25) is 12.1 Å². The molecule has 0 heterocycles. The number of aryl methyl sites for hydroxylation is 2. The van der Waals surface area contributed by atoms with Gasteiger partial charge in [-0.05, 0) is 0 Å². The van der Waals surface area contributed by atoms with Gasteiger partial charge >= 0.3 is 192 Å². The van der Waals surface area contributed by atoms with Crippen molar-refractivity contribution in [2.75, 3.05) is 0 Å². The van der Waals surface area contributed by atoms with Crippen molar-refractivity contribution in [3.63, 3.8) is 0 Å². The fourth-order valence-corrected chi connectivity index (χ4v) is 60.8. The summed E-state index contributed by atoms with van der Waals surface area (Å²) in [7, 11) is 16.6. The maximum atomic E-state index is 8.28. The minimum absolute atomic E-state index is 0.223. The first kappa shape index (κ1) is 22.8. The van der Waals surface area contributed by atoms with Gasteiger partial charge in [-0.2, -0.15) is 0 Å². The molecule has 2 aromatic rings. The molecule has 0 aliphatic heterocycles. The summed E-state index contributed by atoms with van der Waals surface area (Å²) in [5.41, 5.74) is 11.0. The Balaban J connectivity index is 2.04. The molecule has 0 saturated heterocycles. The van der Waals surface area contributed by atoms with Crippen LogP contribution in [-0.4, -0.2) is 5.92 Å². The van der Waals surface area contributed by atoms with E-state index in [2.05, 4.69) is 90.1 Å². The fraction of sp³-hybridized carbons (Fsp3) is 0.385. The van der Waals surface area contributed by atoms with Gasteiger partial charge in [-0.15, -0.1) is 0 Å². The van der Waals surface area contributed by atoms with Gasteiger partial charge in [0.15, 0.2) is 0 Å². The summed E-state index contributed by atoms with van der Waals surface area (Å²) in [5, 5.41) is 0. The second-order valence-corrected chi connectivity index (χ2v) is 50.3. The van der Waals surface area contributed by atoms with Crippen molar-refractivity contribution >= 4 is 35.1 Å². The van der Waals surface area contributed by atoms with Gasteiger partial charge in [0.1, 0.15) is 0 Å². The second kappa shape index (κ2) is 7.87. The molecule has 2 atom stereocenters. The van der Waals surface area contributed by atoms with E-state index in [1.165, 1.54) is 56.6 Å². The van der Waals surface area contributed by atoms with Crippen LogP contribution in [0.25, 0.3) is 12.2 Å². The predicted octanol–water partition coefficient (Wildman–Crippen LogP) is 8.68. The van der Waals surface area contributed by atoms with Crippen LogP contribution in [0, 0.1) is 13.8 Å². The van der Waals surface area contributed by atoms with Crippen molar-refractivity contribution in [3.8, 4) is 0 Å². The Bertz CT molecular complexity index is 1000. The summed E-state index contributed by atoms with van der Waals surface area (Å²) >= 11 is -4.46. The SMILES string of the molecule is CC[SiH](CC)[Zr]([Cl])([Cl])([CH]1C(C)=Cc2c(C)cccc21)[CH]1C(C)=Cc2c(C)cccc21. The van der Waals surface area contributed by atoms with Crippen molar-refractivity contribution in [3.05, 3.63) is 80.9 Å². The summed E-state index contributed by atoms with van der Waals surface area (Å²) in [6.07, 6.45) is 4.77. The van der Waals surface area contributed by atoms with Crippen molar-refractivity contribution in [1.82, 2.24) is 0 Å². The van der Waals surface area contributed by atoms with Gasteiger partial charge in [0.05, 0.1) is 0 Å². The number of halogens is 2. The monoisotopic (exact) mass is 533 g/mol. The molecule has 4 rings (SSSR count). The number of rotatable bonds is 5. The number of fused-ring (bicyclic) bond motifs is 2.